The zero-order valence-corrected chi connectivity index (χ0v) is 21.4. The summed E-state index contributed by atoms with van der Waals surface area (Å²) in [4.78, 5) is 27.6. The van der Waals surface area contributed by atoms with Crippen LogP contribution in [0.2, 0.25) is 0 Å². The molecule has 0 heterocycles. The molecule has 0 aliphatic carbocycles. The largest absolute Gasteiger partial charge is 0.352 e. The monoisotopic (exact) mass is 491 g/mol. The summed E-state index contributed by atoms with van der Waals surface area (Å²) >= 11 is 0. The van der Waals surface area contributed by atoms with Crippen LogP contribution in [-0.2, 0) is 26.2 Å². The van der Waals surface area contributed by atoms with Crippen LogP contribution in [0.3, 0.4) is 0 Å². The second kappa shape index (κ2) is 11.5. The second-order valence-corrected chi connectivity index (χ2v) is 10.5. The van der Waals surface area contributed by atoms with Gasteiger partial charge < -0.3 is 10.2 Å². The molecule has 0 saturated carbocycles. The summed E-state index contributed by atoms with van der Waals surface area (Å²) in [6, 6.07) is 10.2. The van der Waals surface area contributed by atoms with Crippen LogP contribution < -0.4 is 9.62 Å². The number of carbonyl (C=O) groups is 2. The van der Waals surface area contributed by atoms with E-state index in [1.165, 1.54) is 23.1 Å². The van der Waals surface area contributed by atoms with Gasteiger partial charge in [-0.15, -0.1) is 0 Å². The smallest absolute Gasteiger partial charge is 0.244 e. The Labute approximate surface area is 202 Å². The van der Waals surface area contributed by atoms with Gasteiger partial charge in [0.15, 0.2) is 0 Å². The topological polar surface area (TPSA) is 86.8 Å². The standard InChI is InChI=1S/C25H34FN3O4S/c1-7-18(3)27-25(31)20(5)28(15-21-12-8-9-13-22(21)26)24(30)16-29(34(6,32)33)23-14-10-11-17(2)19(23)4/h8-14,18,20H,7,15-16H2,1-6H3,(H,27,31)/t18-,20+/m0/s1. The van der Waals surface area contributed by atoms with Gasteiger partial charge in [0, 0.05) is 18.2 Å². The number of nitrogens with one attached hydrogen (secondary N) is 1. The Bertz CT molecular complexity index is 1140. The fourth-order valence-electron chi connectivity index (χ4n) is 3.46. The fourth-order valence-corrected chi connectivity index (χ4v) is 4.36. The third kappa shape index (κ3) is 6.79. The maximum absolute atomic E-state index is 14.4. The highest BCUT2D eigenvalue weighted by Crippen LogP contribution is 2.25. The van der Waals surface area contributed by atoms with Gasteiger partial charge in [0.05, 0.1) is 11.9 Å². The first-order valence-electron chi connectivity index (χ1n) is 11.2. The highest BCUT2D eigenvalue weighted by Gasteiger charge is 2.31. The third-order valence-corrected chi connectivity index (χ3v) is 7.12. The second-order valence-electron chi connectivity index (χ2n) is 8.60. The van der Waals surface area contributed by atoms with Crippen LogP contribution in [0.25, 0.3) is 0 Å². The number of amides is 2. The lowest BCUT2D eigenvalue weighted by Gasteiger charge is -2.32. The van der Waals surface area contributed by atoms with Gasteiger partial charge in [-0.3, -0.25) is 13.9 Å². The minimum Gasteiger partial charge on any atom is -0.352 e. The van der Waals surface area contributed by atoms with Gasteiger partial charge >= 0.3 is 0 Å². The van der Waals surface area contributed by atoms with Crippen molar-refractivity contribution in [1.29, 1.82) is 0 Å². The van der Waals surface area contributed by atoms with Crippen molar-refractivity contribution in [2.75, 3.05) is 17.1 Å². The van der Waals surface area contributed by atoms with Gasteiger partial charge in [-0.2, -0.15) is 0 Å². The molecule has 0 bridgehead atoms. The summed E-state index contributed by atoms with van der Waals surface area (Å²) in [6.07, 6.45) is 1.73. The molecule has 1 N–H and O–H groups in total. The molecular weight excluding hydrogens is 457 g/mol. The van der Waals surface area contributed by atoms with Crippen LogP contribution >= 0.6 is 0 Å². The zero-order chi connectivity index (χ0) is 25.6. The SMILES string of the molecule is CC[C@H](C)NC(=O)[C@@H](C)N(Cc1ccccc1F)C(=O)CN(c1cccc(C)c1C)S(C)(=O)=O. The number of anilines is 1. The lowest BCUT2D eigenvalue weighted by Crippen LogP contribution is -2.52. The van der Waals surface area contributed by atoms with Crippen molar-refractivity contribution in [3.8, 4) is 0 Å². The van der Waals surface area contributed by atoms with Gasteiger partial charge in [0.25, 0.3) is 0 Å². The fraction of sp³-hybridized carbons (Fsp3) is 0.440. The number of hydrogen-bond acceptors (Lipinski definition) is 4. The van der Waals surface area contributed by atoms with Crippen molar-refractivity contribution in [3.05, 3.63) is 65.0 Å². The van der Waals surface area contributed by atoms with Crippen molar-refractivity contribution in [1.82, 2.24) is 10.2 Å². The van der Waals surface area contributed by atoms with Crippen molar-refractivity contribution in [2.24, 2.45) is 0 Å². The maximum atomic E-state index is 14.4. The number of carbonyl (C=O) groups excluding carboxylic acids is 2. The van der Waals surface area contributed by atoms with Crippen LogP contribution in [0, 0.1) is 19.7 Å². The van der Waals surface area contributed by atoms with Crippen molar-refractivity contribution in [2.45, 2.75) is 59.7 Å². The molecule has 0 saturated heterocycles. The minimum atomic E-state index is -3.82. The lowest BCUT2D eigenvalue weighted by molar-refractivity contribution is -0.139. The van der Waals surface area contributed by atoms with Crippen LogP contribution in [0.1, 0.15) is 43.9 Å². The van der Waals surface area contributed by atoms with Crippen LogP contribution in [-0.4, -0.2) is 50.0 Å². The molecule has 2 rings (SSSR count). The molecule has 0 aliphatic rings. The Balaban J connectivity index is 2.45. The molecule has 34 heavy (non-hydrogen) atoms. The molecular formula is C25H34FN3O4S. The molecule has 0 aliphatic heterocycles. The molecule has 2 aromatic carbocycles. The van der Waals surface area contributed by atoms with E-state index in [0.717, 1.165) is 21.7 Å². The Morgan fingerprint density at radius 2 is 1.71 bits per heavy atom. The van der Waals surface area contributed by atoms with Crippen molar-refractivity contribution >= 4 is 27.5 Å². The number of halogens is 1. The third-order valence-electron chi connectivity index (χ3n) is 5.99. The van der Waals surface area contributed by atoms with Gasteiger partial charge in [0.1, 0.15) is 18.4 Å². The van der Waals surface area contributed by atoms with E-state index in [1.807, 2.05) is 26.8 Å². The molecule has 0 unspecified atom stereocenters. The van der Waals surface area contributed by atoms with E-state index in [1.54, 1.807) is 32.0 Å². The Morgan fingerprint density at radius 3 is 2.29 bits per heavy atom. The first-order valence-corrected chi connectivity index (χ1v) is 13.1. The molecule has 7 nitrogen and oxygen atoms in total. The van der Waals surface area contributed by atoms with Crippen LogP contribution in [0.15, 0.2) is 42.5 Å². The van der Waals surface area contributed by atoms with E-state index in [0.29, 0.717) is 12.1 Å². The quantitative estimate of drug-likeness (QED) is 0.551. The van der Waals surface area contributed by atoms with Gasteiger partial charge in [-0.25, -0.2) is 12.8 Å². The Morgan fingerprint density at radius 1 is 1.06 bits per heavy atom. The van der Waals surface area contributed by atoms with E-state index < -0.39 is 40.2 Å². The summed E-state index contributed by atoms with van der Waals surface area (Å²) in [6.45, 7) is 8.27. The normalized spacial score (nSPS) is 13.1. The van der Waals surface area contributed by atoms with Gasteiger partial charge in [-0.05, 0) is 57.4 Å². The summed E-state index contributed by atoms with van der Waals surface area (Å²) in [5, 5.41) is 2.84. The molecule has 2 amide bonds. The first kappa shape index (κ1) is 27.3. The summed E-state index contributed by atoms with van der Waals surface area (Å²) in [5.74, 6) is -1.51. The average Bonchev–Trinajstić information content (AvgIpc) is 2.77. The molecule has 0 spiro atoms. The average molecular weight is 492 g/mol. The zero-order valence-electron chi connectivity index (χ0n) is 20.6. The molecule has 9 heteroatoms. The predicted molar refractivity (Wildman–Crippen MR) is 132 cm³/mol. The highest BCUT2D eigenvalue weighted by molar-refractivity contribution is 7.92. The lowest BCUT2D eigenvalue weighted by atomic mass is 10.1. The van der Waals surface area contributed by atoms with Crippen LogP contribution in [0.4, 0.5) is 10.1 Å². The Kier molecular flexibility index (Phi) is 9.21. The molecule has 2 atom stereocenters. The summed E-state index contributed by atoms with van der Waals surface area (Å²) in [5.41, 5.74) is 2.22. The molecule has 0 radical (unpaired) electrons. The molecule has 0 aromatic heterocycles. The van der Waals surface area contributed by atoms with Crippen molar-refractivity contribution in [3.63, 3.8) is 0 Å². The predicted octanol–water partition coefficient (Wildman–Crippen LogP) is 3.54. The molecule has 2 aromatic rings. The number of hydrogen-bond donors (Lipinski definition) is 1. The highest BCUT2D eigenvalue weighted by atomic mass is 32.2. The maximum Gasteiger partial charge on any atom is 0.244 e. The number of sulfonamides is 1. The van der Waals surface area contributed by atoms with E-state index in [9.17, 15) is 22.4 Å². The van der Waals surface area contributed by atoms with Gasteiger partial charge in [-0.1, -0.05) is 37.3 Å². The van der Waals surface area contributed by atoms with E-state index in [4.69, 9.17) is 0 Å². The summed E-state index contributed by atoms with van der Waals surface area (Å²) < 4.78 is 40.8. The molecule has 0 fully saturated rings. The molecule has 186 valence electrons. The number of aryl methyl sites for hydroxylation is 1. The number of rotatable bonds is 10. The van der Waals surface area contributed by atoms with E-state index in [-0.39, 0.29) is 18.2 Å². The number of nitrogens with zero attached hydrogens (tertiary/aromatic N) is 2. The first-order chi connectivity index (χ1) is 15.9. The van der Waals surface area contributed by atoms with E-state index >= 15 is 0 Å². The minimum absolute atomic E-state index is 0.108. The van der Waals surface area contributed by atoms with Crippen LogP contribution in [0.5, 0.6) is 0 Å². The van der Waals surface area contributed by atoms with Gasteiger partial charge in [0.2, 0.25) is 21.8 Å². The van der Waals surface area contributed by atoms with E-state index in [2.05, 4.69) is 5.32 Å². The summed E-state index contributed by atoms with van der Waals surface area (Å²) in [7, 11) is -3.82. The number of benzene rings is 2. The van der Waals surface area contributed by atoms with Crippen molar-refractivity contribution < 1.29 is 22.4 Å². The Hall–Kier alpha value is -2.94.